The van der Waals surface area contributed by atoms with E-state index in [9.17, 15) is 24.6 Å². The van der Waals surface area contributed by atoms with Crippen molar-refractivity contribution in [1.29, 1.82) is 0 Å². The molecule has 0 bridgehead atoms. The van der Waals surface area contributed by atoms with Crippen LogP contribution in [0.25, 0.3) is 0 Å². The molecule has 9 nitrogen and oxygen atoms in total. The van der Waals surface area contributed by atoms with Gasteiger partial charge in [-0.3, -0.25) is 14.4 Å². The Bertz CT molecular complexity index is 898. The summed E-state index contributed by atoms with van der Waals surface area (Å²) in [4.78, 5) is 36.7. The molecular formula is C24H34O9. The fourth-order valence-electron chi connectivity index (χ4n) is 6.54. The molecule has 0 aromatic heterocycles. The number of esters is 3. The molecule has 2 saturated heterocycles. The van der Waals surface area contributed by atoms with Gasteiger partial charge in [-0.15, -0.1) is 0 Å². The molecule has 3 fully saturated rings. The second-order valence-corrected chi connectivity index (χ2v) is 10.5. The zero-order chi connectivity index (χ0) is 24.5. The van der Waals surface area contributed by atoms with Gasteiger partial charge < -0.3 is 29.2 Å². The highest BCUT2D eigenvalue weighted by atomic mass is 16.6. The molecule has 0 aromatic carbocycles. The summed E-state index contributed by atoms with van der Waals surface area (Å²) >= 11 is 0. The predicted octanol–water partition coefficient (Wildman–Crippen LogP) is 1.43. The molecule has 0 spiro atoms. The number of ether oxygens (including phenoxy) is 4. The second-order valence-electron chi connectivity index (χ2n) is 10.5. The first-order valence-electron chi connectivity index (χ1n) is 11.6. The summed E-state index contributed by atoms with van der Waals surface area (Å²) in [7, 11) is 0. The molecule has 1 saturated carbocycles. The molecule has 184 valence electrons. The third kappa shape index (κ3) is 3.51. The lowest BCUT2D eigenvalue weighted by molar-refractivity contribution is -0.224. The average Bonchev–Trinajstić information content (AvgIpc) is 3.31. The zero-order valence-corrected chi connectivity index (χ0v) is 20.0. The lowest BCUT2D eigenvalue weighted by atomic mass is 9.53. The van der Waals surface area contributed by atoms with Gasteiger partial charge in [0, 0.05) is 31.6 Å². The average molecular weight is 467 g/mol. The van der Waals surface area contributed by atoms with Crippen LogP contribution >= 0.6 is 0 Å². The monoisotopic (exact) mass is 466 g/mol. The van der Waals surface area contributed by atoms with Crippen molar-refractivity contribution in [2.24, 2.45) is 17.3 Å². The quantitative estimate of drug-likeness (QED) is 0.268. The molecule has 0 radical (unpaired) electrons. The predicted molar refractivity (Wildman–Crippen MR) is 114 cm³/mol. The van der Waals surface area contributed by atoms with Crippen LogP contribution in [0.15, 0.2) is 11.6 Å². The van der Waals surface area contributed by atoms with Crippen molar-refractivity contribution in [2.45, 2.75) is 103 Å². The van der Waals surface area contributed by atoms with Crippen LogP contribution in [-0.4, -0.2) is 69.8 Å². The Labute approximate surface area is 193 Å². The lowest BCUT2D eigenvalue weighted by Gasteiger charge is -2.55. The van der Waals surface area contributed by atoms with Crippen LogP contribution in [0.2, 0.25) is 0 Å². The van der Waals surface area contributed by atoms with E-state index in [0.717, 1.165) is 5.57 Å². The number of carbonyl (C=O) groups excluding carboxylic acids is 3. The van der Waals surface area contributed by atoms with Crippen LogP contribution in [0.3, 0.4) is 0 Å². The van der Waals surface area contributed by atoms with Crippen LogP contribution in [0.4, 0.5) is 0 Å². The summed E-state index contributed by atoms with van der Waals surface area (Å²) in [5.41, 5.74) is -3.10. The third-order valence-electron chi connectivity index (χ3n) is 8.47. The lowest BCUT2D eigenvalue weighted by Crippen LogP contribution is -2.68. The maximum atomic E-state index is 12.5. The number of fused-ring (bicyclic) bond motifs is 4. The second kappa shape index (κ2) is 7.78. The van der Waals surface area contributed by atoms with Crippen LogP contribution in [0.1, 0.15) is 60.8 Å². The molecule has 4 rings (SSSR count). The molecule has 0 amide bonds. The van der Waals surface area contributed by atoms with E-state index in [0.29, 0.717) is 19.3 Å². The Hall–Kier alpha value is -1.97. The SMILES string of the molecule is CC(=O)O[C@H]1C[C@@H]2O[C@]2(C)[C@@H]2[C@@H](O)[C@@]3(O)[C@H](/C=C(/C)CC[C@@H](OC(C)=O)[C@@]12C)OC(=O)[C@@H]3C. The van der Waals surface area contributed by atoms with Crippen molar-refractivity contribution in [2.75, 3.05) is 0 Å². The molecule has 9 heteroatoms. The first-order valence-corrected chi connectivity index (χ1v) is 11.6. The van der Waals surface area contributed by atoms with Gasteiger partial charge in [-0.1, -0.05) is 12.5 Å². The molecule has 33 heavy (non-hydrogen) atoms. The zero-order valence-electron chi connectivity index (χ0n) is 20.0. The molecule has 0 aromatic rings. The van der Waals surface area contributed by atoms with Crippen molar-refractivity contribution >= 4 is 17.9 Å². The Morgan fingerprint density at radius 3 is 2.36 bits per heavy atom. The van der Waals surface area contributed by atoms with Crippen LogP contribution in [0.5, 0.6) is 0 Å². The van der Waals surface area contributed by atoms with Gasteiger partial charge >= 0.3 is 17.9 Å². The van der Waals surface area contributed by atoms with E-state index < -0.39 is 70.8 Å². The maximum Gasteiger partial charge on any atom is 0.312 e. The van der Waals surface area contributed by atoms with Gasteiger partial charge in [0.05, 0.1) is 23.7 Å². The van der Waals surface area contributed by atoms with E-state index in [1.807, 2.05) is 20.8 Å². The van der Waals surface area contributed by atoms with Crippen molar-refractivity contribution in [3.63, 3.8) is 0 Å². The van der Waals surface area contributed by atoms with Gasteiger partial charge in [0.15, 0.2) is 6.10 Å². The van der Waals surface area contributed by atoms with Gasteiger partial charge in [0.1, 0.15) is 17.8 Å². The number of aliphatic hydroxyl groups is 2. The standard InChI is InChI=1S/C24H34O9/c1-11-7-8-15(30-13(3)25)22(5)16(31-14(4)26)10-17-23(6,33-17)19(22)20(27)24(29)12(2)21(28)32-18(24)9-11/h9,12,15-20,27,29H,7-8,10H2,1-6H3/b11-9-/t12-,15+,16-,17-,18-,19+,20+,22-,23-,24-/m0/s1. The Morgan fingerprint density at radius 1 is 1.15 bits per heavy atom. The van der Waals surface area contributed by atoms with Gasteiger partial charge in [-0.2, -0.15) is 0 Å². The van der Waals surface area contributed by atoms with Crippen molar-refractivity contribution in [3.8, 4) is 0 Å². The number of hydrogen-bond acceptors (Lipinski definition) is 9. The van der Waals surface area contributed by atoms with E-state index in [-0.39, 0.29) is 6.10 Å². The highest BCUT2D eigenvalue weighted by Crippen LogP contribution is 2.64. The summed E-state index contributed by atoms with van der Waals surface area (Å²) in [5.74, 6) is -3.43. The number of carbonyl (C=O) groups is 3. The topological polar surface area (TPSA) is 132 Å². The number of aliphatic hydroxyl groups excluding tert-OH is 1. The fraction of sp³-hybridized carbons (Fsp3) is 0.792. The summed E-state index contributed by atoms with van der Waals surface area (Å²) < 4.78 is 23.1. The first kappa shape index (κ1) is 24.2. The normalized spacial score (nSPS) is 50.5. The van der Waals surface area contributed by atoms with E-state index in [1.165, 1.54) is 20.8 Å². The minimum Gasteiger partial charge on any atom is -0.462 e. The highest BCUT2D eigenvalue weighted by molar-refractivity contribution is 5.77. The minimum atomic E-state index is -1.94. The van der Waals surface area contributed by atoms with E-state index in [2.05, 4.69) is 0 Å². The van der Waals surface area contributed by atoms with E-state index >= 15 is 0 Å². The number of hydrogen-bond donors (Lipinski definition) is 2. The molecule has 10 atom stereocenters. The van der Waals surface area contributed by atoms with E-state index in [4.69, 9.17) is 18.9 Å². The number of epoxide rings is 1. The smallest absolute Gasteiger partial charge is 0.312 e. The molecule has 2 aliphatic carbocycles. The van der Waals surface area contributed by atoms with Gasteiger partial charge in [-0.05, 0) is 39.7 Å². The molecule has 4 aliphatic rings. The summed E-state index contributed by atoms with van der Waals surface area (Å²) in [5, 5.41) is 23.8. The largest absolute Gasteiger partial charge is 0.462 e. The summed E-state index contributed by atoms with van der Waals surface area (Å²) in [6.07, 6.45) is -1.41. The van der Waals surface area contributed by atoms with Gasteiger partial charge in [-0.25, -0.2) is 0 Å². The van der Waals surface area contributed by atoms with Gasteiger partial charge in [0.2, 0.25) is 0 Å². The van der Waals surface area contributed by atoms with Crippen molar-refractivity contribution in [1.82, 2.24) is 0 Å². The van der Waals surface area contributed by atoms with Crippen LogP contribution in [-0.2, 0) is 33.3 Å². The minimum absolute atomic E-state index is 0.317. The molecule has 0 unspecified atom stereocenters. The molecule has 2 N–H and O–H groups in total. The highest BCUT2D eigenvalue weighted by Gasteiger charge is 2.76. The van der Waals surface area contributed by atoms with Crippen molar-refractivity contribution < 1.29 is 43.5 Å². The van der Waals surface area contributed by atoms with Gasteiger partial charge in [0.25, 0.3) is 0 Å². The summed E-state index contributed by atoms with van der Waals surface area (Å²) in [6.45, 7) is 9.63. The van der Waals surface area contributed by atoms with E-state index in [1.54, 1.807) is 6.08 Å². The first-order chi connectivity index (χ1) is 15.3. The fourth-order valence-corrected chi connectivity index (χ4v) is 6.54. The van der Waals surface area contributed by atoms with Crippen LogP contribution in [0, 0.1) is 17.3 Å². The van der Waals surface area contributed by atoms with Crippen molar-refractivity contribution in [3.05, 3.63) is 11.6 Å². The van der Waals surface area contributed by atoms with Crippen LogP contribution < -0.4 is 0 Å². The molecular weight excluding hydrogens is 432 g/mol. The molecule has 2 aliphatic heterocycles. The molecule has 2 heterocycles. The Morgan fingerprint density at radius 2 is 1.76 bits per heavy atom. The number of rotatable bonds is 2. The summed E-state index contributed by atoms with van der Waals surface area (Å²) in [6, 6.07) is 0. The maximum absolute atomic E-state index is 12.5. The third-order valence-corrected chi connectivity index (χ3v) is 8.47. The Balaban J connectivity index is 1.92. The number of allylic oxidation sites excluding steroid dienone is 1. The Kier molecular flexibility index (Phi) is 5.70.